The van der Waals surface area contributed by atoms with Gasteiger partial charge in [-0.05, 0) is 42.5 Å². The highest BCUT2D eigenvalue weighted by atomic mass is 16.5. The second-order valence-electron chi connectivity index (χ2n) is 6.23. The molecular weight excluding hydrogens is 370 g/mol. The van der Waals surface area contributed by atoms with E-state index in [0.717, 1.165) is 5.56 Å². The van der Waals surface area contributed by atoms with Crippen molar-refractivity contribution >= 4 is 17.8 Å². The lowest BCUT2D eigenvalue weighted by Crippen LogP contribution is -2.10. The van der Waals surface area contributed by atoms with Gasteiger partial charge in [0.1, 0.15) is 11.5 Å². The summed E-state index contributed by atoms with van der Waals surface area (Å²) in [5.41, 5.74) is 1.93. The smallest absolute Gasteiger partial charge is 0.341 e. The van der Waals surface area contributed by atoms with Gasteiger partial charge in [-0.3, -0.25) is 4.79 Å². The summed E-state index contributed by atoms with van der Waals surface area (Å²) >= 11 is 0. The van der Waals surface area contributed by atoms with E-state index in [2.05, 4.69) is 0 Å². The number of carbonyl (C=O) groups excluding carboxylic acids is 1. The molecule has 0 saturated heterocycles. The Balaban J connectivity index is 1.72. The van der Waals surface area contributed by atoms with Crippen LogP contribution in [0.3, 0.4) is 0 Å². The summed E-state index contributed by atoms with van der Waals surface area (Å²) in [7, 11) is 1.58. The number of rotatable bonds is 9. The highest BCUT2D eigenvalue weighted by molar-refractivity contribution is 6.08. The molecule has 0 aliphatic carbocycles. The standard InChI is InChI=1S/C23H21NO5/c1-28-19-12-10-18(11-13-19)23(27)20-8-5-15-24(20)14-4-7-17-6-2-3-9-21(17)29-16-22(25)26/h2-13,15H,14,16H2,1H3,(H,25,26)/b7-4+. The molecule has 0 aliphatic rings. The first kappa shape index (κ1) is 19.9. The summed E-state index contributed by atoms with van der Waals surface area (Å²) in [6, 6.07) is 17.8. The average Bonchev–Trinajstić information content (AvgIpc) is 3.21. The van der Waals surface area contributed by atoms with Crippen LogP contribution in [0.25, 0.3) is 6.08 Å². The third-order valence-corrected chi connectivity index (χ3v) is 4.28. The number of para-hydroxylation sites is 1. The second-order valence-corrected chi connectivity index (χ2v) is 6.23. The molecule has 1 aromatic heterocycles. The van der Waals surface area contributed by atoms with Gasteiger partial charge in [0.2, 0.25) is 5.78 Å². The van der Waals surface area contributed by atoms with Gasteiger partial charge < -0.3 is 19.1 Å². The number of hydrogen-bond acceptors (Lipinski definition) is 4. The first-order valence-corrected chi connectivity index (χ1v) is 9.02. The Kier molecular flexibility index (Phi) is 6.47. The number of aliphatic carboxylic acids is 1. The van der Waals surface area contributed by atoms with Gasteiger partial charge in [-0.2, -0.15) is 0 Å². The van der Waals surface area contributed by atoms with Crippen molar-refractivity contribution in [2.45, 2.75) is 6.54 Å². The third kappa shape index (κ3) is 5.13. The number of carboxylic acid groups (broad SMARTS) is 1. The third-order valence-electron chi connectivity index (χ3n) is 4.28. The lowest BCUT2D eigenvalue weighted by atomic mass is 10.1. The van der Waals surface area contributed by atoms with Crippen molar-refractivity contribution < 1.29 is 24.2 Å². The first-order valence-electron chi connectivity index (χ1n) is 9.02. The van der Waals surface area contributed by atoms with Crippen molar-refractivity contribution in [1.29, 1.82) is 0 Å². The highest BCUT2D eigenvalue weighted by Gasteiger charge is 2.13. The Hall–Kier alpha value is -3.80. The van der Waals surface area contributed by atoms with E-state index in [0.29, 0.717) is 29.3 Å². The number of carbonyl (C=O) groups is 2. The average molecular weight is 391 g/mol. The predicted molar refractivity (Wildman–Crippen MR) is 109 cm³/mol. The topological polar surface area (TPSA) is 77.8 Å². The van der Waals surface area contributed by atoms with E-state index in [-0.39, 0.29) is 5.78 Å². The maximum Gasteiger partial charge on any atom is 0.341 e. The lowest BCUT2D eigenvalue weighted by molar-refractivity contribution is -0.139. The molecule has 6 heteroatoms. The van der Waals surface area contributed by atoms with Gasteiger partial charge in [-0.15, -0.1) is 0 Å². The quantitative estimate of drug-likeness (QED) is 0.560. The van der Waals surface area contributed by atoms with Crippen molar-refractivity contribution in [2.24, 2.45) is 0 Å². The molecule has 0 amide bonds. The molecule has 3 aromatic rings. The van der Waals surface area contributed by atoms with Crippen molar-refractivity contribution in [2.75, 3.05) is 13.7 Å². The zero-order valence-electron chi connectivity index (χ0n) is 15.9. The number of benzene rings is 2. The molecule has 6 nitrogen and oxygen atoms in total. The first-order chi connectivity index (χ1) is 14.1. The monoisotopic (exact) mass is 391 g/mol. The van der Waals surface area contributed by atoms with Crippen LogP contribution in [0, 0.1) is 0 Å². The Morgan fingerprint density at radius 3 is 2.52 bits per heavy atom. The second kappa shape index (κ2) is 9.41. The van der Waals surface area contributed by atoms with Crippen LogP contribution in [-0.2, 0) is 11.3 Å². The molecule has 29 heavy (non-hydrogen) atoms. The number of ether oxygens (including phenoxy) is 2. The lowest BCUT2D eigenvalue weighted by Gasteiger charge is -2.08. The molecule has 148 valence electrons. The van der Waals surface area contributed by atoms with Gasteiger partial charge in [-0.25, -0.2) is 4.79 Å². The summed E-state index contributed by atoms with van der Waals surface area (Å²) in [6.45, 7) is 0.0838. The van der Waals surface area contributed by atoms with Gasteiger partial charge in [0.25, 0.3) is 0 Å². The molecular formula is C23H21NO5. The summed E-state index contributed by atoms with van der Waals surface area (Å²) in [5.74, 6) is 0.0888. The minimum atomic E-state index is -1.03. The van der Waals surface area contributed by atoms with Crippen LogP contribution < -0.4 is 9.47 Å². The van der Waals surface area contributed by atoms with Crippen molar-refractivity contribution in [3.8, 4) is 11.5 Å². The van der Waals surface area contributed by atoms with Crippen LogP contribution in [-0.4, -0.2) is 35.1 Å². The van der Waals surface area contributed by atoms with Crippen LogP contribution in [0.4, 0.5) is 0 Å². The van der Waals surface area contributed by atoms with E-state index in [1.165, 1.54) is 0 Å². The zero-order chi connectivity index (χ0) is 20.6. The maximum atomic E-state index is 12.8. The molecule has 1 N–H and O–H groups in total. The van der Waals surface area contributed by atoms with E-state index in [4.69, 9.17) is 14.6 Å². The van der Waals surface area contributed by atoms with Crippen LogP contribution in [0.1, 0.15) is 21.6 Å². The van der Waals surface area contributed by atoms with Crippen molar-refractivity contribution in [3.63, 3.8) is 0 Å². The van der Waals surface area contributed by atoms with Crippen molar-refractivity contribution in [1.82, 2.24) is 4.57 Å². The number of allylic oxidation sites excluding steroid dienone is 1. The Labute approximate surface area is 168 Å². The van der Waals surface area contributed by atoms with Crippen LogP contribution in [0.15, 0.2) is 72.9 Å². The molecule has 1 heterocycles. The van der Waals surface area contributed by atoms with Gasteiger partial charge >= 0.3 is 5.97 Å². The summed E-state index contributed by atoms with van der Waals surface area (Å²) in [6.07, 6.45) is 5.58. The minimum absolute atomic E-state index is 0.0729. The number of nitrogens with zero attached hydrogens (tertiary/aromatic N) is 1. The fourth-order valence-electron chi connectivity index (χ4n) is 2.85. The molecule has 0 bridgehead atoms. The summed E-state index contributed by atoms with van der Waals surface area (Å²) in [5, 5.41) is 8.79. The molecule has 0 atom stereocenters. The summed E-state index contributed by atoms with van der Waals surface area (Å²) in [4.78, 5) is 23.5. The maximum absolute atomic E-state index is 12.8. The van der Waals surface area contributed by atoms with E-state index in [9.17, 15) is 9.59 Å². The number of hydrogen-bond donors (Lipinski definition) is 1. The molecule has 0 aliphatic heterocycles. The van der Waals surface area contributed by atoms with E-state index in [1.807, 2.05) is 41.1 Å². The number of carboxylic acids is 1. The molecule has 0 saturated carbocycles. The Bertz CT molecular complexity index is 1020. The predicted octanol–water partition coefficient (Wildman–Crippen LogP) is 3.90. The fraction of sp³-hybridized carbons (Fsp3) is 0.130. The largest absolute Gasteiger partial charge is 0.497 e. The Morgan fingerprint density at radius 2 is 1.79 bits per heavy atom. The number of ketones is 1. The van der Waals surface area contributed by atoms with Crippen LogP contribution in [0.2, 0.25) is 0 Å². The SMILES string of the molecule is COc1ccc(C(=O)c2cccn2C/C=C/c2ccccc2OCC(=O)O)cc1. The van der Waals surface area contributed by atoms with Gasteiger partial charge in [0.15, 0.2) is 6.61 Å². The minimum Gasteiger partial charge on any atom is -0.497 e. The van der Waals surface area contributed by atoms with Gasteiger partial charge in [-0.1, -0.05) is 30.4 Å². The van der Waals surface area contributed by atoms with Crippen LogP contribution >= 0.6 is 0 Å². The van der Waals surface area contributed by atoms with Gasteiger partial charge in [0.05, 0.1) is 12.8 Å². The fourth-order valence-corrected chi connectivity index (χ4v) is 2.85. The summed E-state index contributed by atoms with van der Waals surface area (Å²) < 4.78 is 12.3. The molecule has 0 fully saturated rings. The molecule has 0 spiro atoms. The van der Waals surface area contributed by atoms with E-state index >= 15 is 0 Å². The number of aromatic nitrogens is 1. The number of methoxy groups -OCH3 is 1. The molecule has 2 aromatic carbocycles. The zero-order valence-corrected chi connectivity index (χ0v) is 15.9. The van der Waals surface area contributed by atoms with Crippen molar-refractivity contribution in [3.05, 3.63) is 89.8 Å². The molecule has 0 unspecified atom stereocenters. The van der Waals surface area contributed by atoms with Gasteiger partial charge in [0, 0.05) is 23.9 Å². The van der Waals surface area contributed by atoms with E-state index in [1.54, 1.807) is 49.6 Å². The Morgan fingerprint density at radius 1 is 1.03 bits per heavy atom. The van der Waals surface area contributed by atoms with Crippen LogP contribution in [0.5, 0.6) is 11.5 Å². The molecule has 0 radical (unpaired) electrons. The highest BCUT2D eigenvalue weighted by Crippen LogP contribution is 2.20. The normalized spacial score (nSPS) is 10.8. The van der Waals surface area contributed by atoms with E-state index < -0.39 is 12.6 Å². The molecule has 3 rings (SSSR count).